The Hall–Kier alpha value is -1.58. The van der Waals surface area contributed by atoms with Gasteiger partial charge in [-0.25, -0.2) is 4.79 Å². The van der Waals surface area contributed by atoms with E-state index in [1.807, 2.05) is 0 Å². The first kappa shape index (κ1) is 10.5. The molecule has 4 nitrogen and oxygen atoms in total. The molecule has 0 unspecified atom stereocenters. The smallest absolute Gasteiger partial charge is 0.409 e. The minimum atomic E-state index is -0.803. The average molecular weight is 194 g/mol. The van der Waals surface area contributed by atoms with Gasteiger partial charge in [-0.05, 0) is 24.5 Å². The summed E-state index contributed by atoms with van der Waals surface area (Å²) < 4.78 is 4.82. The van der Waals surface area contributed by atoms with Crippen molar-refractivity contribution in [1.82, 2.24) is 4.98 Å². The molecule has 0 saturated carbocycles. The first-order chi connectivity index (χ1) is 6.59. The number of primary amides is 1. The second-order valence-corrected chi connectivity index (χ2v) is 3.47. The second kappa shape index (κ2) is 4.60. The van der Waals surface area contributed by atoms with Crippen molar-refractivity contribution < 1.29 is 9.53 Å². The van der Waals surface area contributed by atoms with Crippen LogP contribution in [0, 0.1) is 5.92 Å². The number of aromatic nitrogens is 1. The van der Waals surface area contributed by atoms with Gasteiger partial charge in [-0.15, -0.1) is 0 Å². The summed E-state index contributed by atoms with van der Waals surface area (Å²) in [6.07, 6.45) is 1.64. The van der Waals surface area contributed by atoms with E-state index < -0.39 is 6.09 Å². The van der Waals surface area contributed by atoms with Gasteiger partial charge in [0.05, 0.1) is 5.69 Å². The Balaban J connectivity index is 2.85. The van der Waals surface area contributed by atoms with E-state index in [2.05, 4.69) is 18.8 Å². The summed E-state index contributed by atoms with van der Waals surface area (Å²) in [5.41, 5.74) is 5.70. The fourth-order valence-corrected chi connectivity index (χ4v) is 1.16. The average Bonchev–Trinajstić information content (AvgIpc) is 2.06. The van der Waals surface area contributed by atoms with E-state index >= 15 is 0 Å². The molecular weight excluding hydrogens is 180 g/mol. The van der Waals surface area contributed by atoms with Crippen molar-refractivity contribution in [2.24, 2.45) is 11.7 Å². The zero-order chi connectivity index (χ0) is 10.6. The molecule has 0 aliphatic carbocycles. The predicted octanol–water partition coefficient (Wildman–Crippen LogP) is 1.74. The predicted molar refractivity (Wildman–Crippen MR) is 53.0 cm³/mol. The zero-order valence-electron chi connectivity index (χ0n) is 8.36. The highest BCUT2D eigenvalue weighted by atomic mass is 16.5. The minimum Gasteiger partial charge on any atom is -0.409 e. The highest BCUT2D eigenvalue weighted by Gasteiger charge is 2.08. The standard InChI is InChI=1S/C10H14N2O2/c1-7(2)6-8-9(14-10(11)13)4-3-5-12-8/h3-5,7H,6H2,1-2H3,(H2,11,13). The Kier molecular flexibility index (Phi) is 3.45. The molecule has 1 heterocycles. The van der Waals surface area contributed by atoms with Crippen molar-refractivity contribution in [3.8, 4) is 5.75 Å². The normalized spacial score (nSPS) is 10.2. The largest absolute Gasteiger partial charge is 0.410 e. The van der Waals surface area contributed by atoms with Crippen molar-refractivity contribution in [1.29, 1.82) is 0 Å². The number of nitrogens with two attached hydrogens (primary N) is 1. The number of rotatable bonds is 3. The lowest BCUT2D eigenvalue weighted by Crippen LogP contribution is -2.17. The van der Waals surface area contributed by atoms with E-state index in [1.165, 1.54) is 0 Å². The summed E-state index contributed by atoms with van der Waals surface area (Å²) in [5.74, 6) is 0.911. The van der Waals surface area contributed by atoms with Crippen LogP contribution in [0.4, 0.5) is 4.79 Å². The molecule has 14 heavy (non-hydrogen) atoms. The molecule has 2 N–H and O–H groups in total. The van der Waals surface area contributed by atoms with Crippen molar-refractivity contribution in [2.75, 3.05) is 0 Å². The summed E-state index contributed by atoms with van der Waals surface area (Å²) in [6.45, 7) is 4.14. The molecule has 1 amide bonds. The van der Waals surface area contributed by atoms with Crippen LogP contribution in [0.3, 0.4) is 0 Å². The summed E-state index contributed by atoms with van der Waals surface area (Å²) in [4.78, 5) is 14.7. The fraction of sp³-hybridized carbons (Fsp3) is 0.400. The van der Waals surface area contributed by atoms with E-state index in [-0.39, 0.29) is 0 Å². The van der Waals surface area contributed by atoms with Gasteiger partial charge in [0, 0.05) is 6.20 Å². The topological polar surface area (TPSA) is 65.2 Å². The molecule has 1 rings (SSSR count). The van der Waals surface area contributed by atoms with Crippen LogP contribution in [0.5, 0.6) is 5.75 Å². The van der Waals surface area contributed by atoms with Gasteiger partial charge in [-0.3, -0.25) is 4.98 Å². The highest BCUT2D eigenvalue weighted by Crippen LogP contribution is 2.18. The molecule has 0 spiro atoms. The highest BCUT2D eigenvalue weighted by molar-refractivity contribution is 5.68. The number of pyridine rings is 1. The fourth-order valence-electron chi connectivity index (χ4n) is 1.16. The van der Waals surface area contributed by atoms with Crippen LogP contribution in [-0.4, -0.2) is 11.1 Å². The molecule has 0 fully saturated rings. The number of carbonyl (C=O) groups is 1. The van der Waals surface area contributed by atoms with Crippen molar-refractivity contribution in [2.45, 2.75) is 20.3 Å². The molecule has 0 aliphatic heterocycles. The SMILES string of the molecule is CC(C)Cc1ncccc1OC(N)=O. The summed E-state index contributed by atoms with van der Waals surface area (Å²) in [6, 6.07) is 3.40. The zero-order valence-corrected chi connectivity index (χ0v) is 8.36. The lowest BCUT2D eigenvalue weighted by atomic mass is 10.1. The quantitative estimate of drug-likeness (QED) is 0.797. The molecular formula is C10H14N2O2. The molecule has 0 saturated heterocycles. The molecule has 0 aromatic carbocycles. The van der Waals surface area contributed by atoms with Gasteiger partial charge in [-0.2, -0.15) is 0 Å². The van der Waals surface area contributed by atoms with Gasteiger partial charge in [0.25, 0.3) is 0 Å². The van der Waals surface area contributed by atoms with Gasteiger partial charge in [0.1, 0.15) is 0 Å². The number of amides is 1. The molecule has 1 aromatic heterocycles. The molecule has 0 bridgehead atoms. The van der Waals surface area contributed by atoms with Gasteiger partial charge in [0.2, 0.25) is 0 Å². The molecule has 0 aliphatic rings. The monoisotopic (exact) mass is 194 g/mol. The Labute approximate surface area is 83.1 Å². The lowest BCUT2D eigenvalue weighted by molar-refractivity contribution is 0.210. The molecule has 0 atom stereocenters. The van der Waals surface area contributed by atoms with E-state index in [0.29, 0.717) is 11.7 Å². The van der Waals surface area contributed by atoms with Crippen LogP contribution < -0.4 is 10.5 Å². The van der Waals surface area contributed by atoms with Crippen LogP contribution >= 0.6 is 0 Å². The maximum atomic E-state index is 10.6. The summed E-state index contributed by atoms with van der Waals surface area (Å²) in [5, 5.41) is 0. The van der Waals surface area contributed by atoms with E-state index in [0.717, 1.165) is 12.1 Å². The minimum absolute atomic E-state index is 0.453. The van der Waals surface area contributed by atoms with Gasteiger partial charge in [-0.1, -0.05) is 13.8 Å². The van der Waals surface area contributed by atoms with Crippen molar-refractivity contribution in [3.63, 3.8) is 0 Å². The van der Waals surface area contributed by atoms with Crippen LogP contribution in [-0.2, 0) is 6.42 Å². The number of carbonyl (C=O) groups excluding carboxylic acids is 1. The van der Waals surface area contributed by atoms with Crippen LogP contribution in [0.1, 0.15) is 19.5 Å². The third-order valence-corrected chi connectivity index (χ3v) is 1.66. The number of nitrogens with zero attached hydrogens (tertiary/aromatic N) is 1. The first-order valence-corrected chi connectivity index (χ1v) is 4.50. The number of hydrogen-bond acceptors (Lipinski definition) is 3. The van der Waals surface area contributed by atoms with Crippen LogP contribution in [0.15, 0.2) is 18.3 Å². The van der Waals surface area contributed by atoms with E-state index in [4.69, 9.17) is 10.5 Å². The Morgan fingerprint density at radius 1 is 1.64 bits per heavy atom. The van der Waals surface area contributed by atoms with Gasteiger partial charge < -0.3 is 10.5 Å². The summed E-state index contributed by atoms with van der Waals surface area (Å²) in [7, 11) is 0. The molecule has 1 aromatic rings. The Bertz CT molecular complexity index is 324. The van der Waals surface area contributed by atoms with E-state index in [1.54, 1.807) is 18.3 Å². The molecule has 0 radical (unpaired) electrons. The Morgan fingerprint density at radius 3 is 2.93 bits per heavy atom. The second-order valence-electron chi connectivity index (χ2n) is 3.47. The van der Waals surface area contributed by atoms with E-state index in [9.17, 15) is 4.79 Å². The third kappa shape index (κ3) is 3.05. The maximum Gasteiger partial charge on any atom is 0.410 e. The van der Waals surface area contributed by atoms with Crippen LogP contribution in [0.25, 0.3) is 0 Å². The van der Waals surface area contributed by atoms with Crippen molar-refractivity contribution in [3.05, 3.63) is 24.0 Å². The molecule has 4 heteroatoms. The number of ether oxygens (including phenoxy) is 1. The maximum absolute atomic E-state index is 10.6. The lowest BCUT2D eigenvalue weighted by Gasteiger charge is -2.08. The third-order valence-electron chi connectivity index (χ3n) is 1.66. The van der Waals surface area contributed by atoms with Gasteiger partial charge in [0.15, 0.2) is 5.75 Å². The van der Waals surface area contributed by atoms with Gasteiger partial charge >= 0.3 is 6.09 Å². The molecule has 76 valence electrons. The first-order valence-electron chi connectivity index (χ1n) is 4.50. The number of hydrogen-bond donors (Lipinski definition) is 1. The Morgan fingerprint density at radius 2 is 2.36 bits per heavy atom. The van der Waals surface area contributed by atoms with Crippen molar-refractivity contribution >= 4 is 6.09 Å². The summed E-state index contributed by atoms with van der Waals surface area (Å²) >= 11 is 0. The van der Waals surface area contributed by atoms with Crippen LogP contribution in [0.2, 0.25) is 0 Å².